The molecule has 0 unspecified atom stereocenters. The van der Waals surface area contributed by atoms with Gasteiger partial charge in [-0.1, -0.05) is 6.08 Å². The lowest BCUT2D eigenvalue weighted by atomic mass is 10.1. The summed E-state index contributed by atoms with van der Waals surface area (Å²) < 4.78 is 2.26. The zero-order valence-electron chi connectivity index (χ0n) is 13.3. The monoisotopic (exact) mass is 377 g/mol. The van der Waals surface area contributed by atoms with Crippen LogP contribution < -0.4 is 5.32 Å². The fourth-order valence-corrected chi connectivity index (χ4v) is 4.09. The first-order valence-electron chi connectivity index (χ1n) is 7.45. The van der Waals surface area contributed by atoms with Gasteiger partial charge in [0.1, 0.15) is 5.82 Å². The molecule has 3 nitrogen and oxygen atoms in total. The molecule has 1 N–H and O–H groups in total. The van der Waals surface area contributed by atoms with Gasteiger partial charge >= 0.3 is 0 Å². The highest BCUT2D eigenvalue weighted by Crippen LogP contribution is 2.37. The number of hydrogen-bond donors (Lipinski definition) is 1. The Morgan fingerprint density at radius 1 is 1.27 bits per heavy atom. The number of nitrogens with one attached hydrogen (secondary N) is 1. The maximum Gasteiger partial charge on any atom is 0.128 e. The highest BCUT2D eigenvalue weighted by molar-refractivity contribution is 9.10. The number of thiophene rings is 1. The van der Waals surface area contributed by atoms with Gasteiger partial charge in [-0.15, -0.1) is 11.3 Å². The summed E-state index contributed by atoms with van der Waals surface area (Å²) in [5.41, 5.74) is 3.30. The van der Waals surface area contributed by atoms with Gasteiger partial charge in [0.15, 0.2) is 0 Å². The Hall–Kier alpha value is -1.20. The van der Waals surface area contributed by atoms with Crippen molar-refractivity contribution >= 4 is 54.7 Å². The Bertz CT molecular complexity index is 781. The van der Waals surface area contributed by atoms with Gasteiger partial charge in [-0.3, -0.25) is 4.99 Å². The topological polar surface area (TPSA) is 37.3 Å². The van der Waals surface area contributed by atoms with Crippen molar-refractivity contribution in [2.45, 2.75) is 46.1 Å². The van der Waals surface area contributed by atoms with Gasteiger partial charge in [0.2, 0.25) is 0 Å². The number of halogens is 1. The summed E-state index contributed by atoms with van der Waals surface area (Å²) in [5, 5.41) is 3.43. The van der Waals surface area contributed by atoms with Crippen molar-refractivity contribution in [1.29, 1.82) is 0 Å². The summed E-state index contributed by atoms with van der Waals surface area (Å²) >= 11 is 5.43. The molecule has 1 aliphatic rings. The Balaban J connectivity index is 2.03. The second kappa shape index (κ2) is 5.78. The van der Waals surface area contributed by atoms with Crippen molar-refractivity contribution in [3.8, 4) is 0 Å². The van der Waals surface area contributed by atoms with Crippen LogP contribution in [0.25, 0.3) is 15.9 Å². The first-order chi connectivity index (χ1) is 10.3. The number of nitrogens with zero attached hydrogens (tertiary/aromatic N) is 2. The molecular formula is C17H20BrN3S. The van der Waals surface area contributed by atoms with E-state index >= 15 is 0 Å². The van der Waals surface area contributed by atoms with Gasteiger partial charge in [-0.25, -0.2) is 4.98 Å². The lowest BCUT2D eigenvalue weighted by Crippen LogP contribution is -2.26. The van der Waals surface area contributed by atoms with Gasteiger partial charge in [-0.2, -0.15) is 0 Å². The first-order valence-corrected chi connectivity index (χ1v) is 9.06. The number of fused-ring (bicyclic) bond motifs is 1. The number of aromatic nitrogens is 1. The lowest BCUT2D eigenvalue weighted by Gasteiger charge is -2.21. The van der Waals surface area contributed by atoms with Crippen molar-refractivity contribution in [3.05, 3.63) is 27.6 Å². The van der Waals surface area contributed by atoms with E-state index in [4.69, 9.17) is 4.98 Å². The molecule has 5 heteroatoms. The highest BCUT2D eigenvalue weighted by atomic mass is 79.9. The largest absolute Gasteiger partial charge is 0.365 e. The third-order valence-electron chi connectivity index (χ3n) is 3.34. The number of allylic oxidation sites excluding steroid dienone is 1. The molecule has 0 spiro atoms. The molecule has 0 aliphatic carbocycles. The van der Waals surface area contributed by atoms with E-state index in [0.717, 1.165) is 34.3 Å². The quantitative estimate of drug-likeness (QED) is 0.710. The number of rotatable bonds is 2. The summed E-state index contributed by atoms with van der Waals surface area (Å²) in [4.78, 5) is 10.6. The van der Waals surface area contributed by atoms with Crippen LogP contribution in [0.3, 0.4) is 0 Å². The van der Waals surface area contributed by atoms with Crippen molar-refractivity contribution in [1.82, 2.24) is 4.98 Å². The van der Waals surface area contributed by atoms with Crippen molar-refractivity contribution in [3.63, 3.8) is 0 Å². The number of hydrogen-bond acceptors (Lipinski definition) is 4. The molecule has 2 aromatic heterocycles. The summed E-state index contributed by atoms with van der Waals surface area (Å²) in [5.74, 6) is 0.897. The Labute approximate surface area is 143 Å². The standard InChI is InChI=1S/C17H20BrN3S/c1-10-6-5-7-12(19-10)14-9-13-16(22-14)11(18)8-15(20-13)21-17(2,3)4/h7-9H,5-6H2,1-4H3,(H,20,21). The molecule has 0 radical (unpaired) electrons. The molecule has 0 aromatic carbocycles. The van der Waals surface area contributed by atoms with E-state index in [9.17, 15) is 0 Å². The van der Waals surface area contributed by atoms with Crippen molar-refractivity contribution in [2.24, 2.45) is 4.99 Å². The lowest BCUT2D eigenvalue weighted by molar-refractivity contribution is 0.631. The van der Waals surface area contributed by atoms with E-state index in [-0.39, 0.29) is 5.54 Å². The van der Waals surface area contributed by atoms with E-state index in [0.29, 0.717) is 0 Å². The zero-order valence-corrected chi connectivity index (χ0v) is 15.7. The minimum absolute atomic E-state index is 0.00767. The summed E-state index contributed by atoms with van der Waals surface area (Å²) in [6, 6.07) is 4.20. The molecule has 0 amide bonds. The zero-order chi connectivity index (χ0) is 15.9. The molecule has 0 saturated carbocycles. The van der Waals surface area contributed by atoms with Gasteiger partial charge < -0.3 is 5.32 Å². The fraction of sp³-hybridized carbons (Fsp3) is 0.412. The summed E-state index contributed by atoms with van der Waals surface area (Å²) in [7, 11) is 0. The van der Waals surface area contributed by atoms with Crippen LogP contribution >= 0.6 is 27.3 Å². The van der Waals surface area contributed by atoms with Crippen LogP contribution in [-0.4, -0.2) is 16.2 Å². The third-order valence-corrected chi connectivity index (χ3v) is 5.41. The highest BCUT2D eigenvalue weighted by Gasteiger charge is 2.15. The molecule has 3 rings (SSSR count). The smallest absolute Gasteiger partial charge is 0.128 e. The Morgan fingerprint density at radius 2 is 2.05 bits per heavy atom. The van der Waals surface area contributed by atoms with E-state index in [1.807, 2.05) is 0 Å². The molecule has 116 valence electrons. The van der Waals surface area contributed by atoms with Crippen LogP contribution in [0.1, 0.15) is 45.4 Å². The predicted molar refractivity (Wildman–Crippen MR) is 101 cm³/mol. The Kier molecular flexibility index (Phi) is 4.12. The minimum atomic E-state index is -0.00767. The van der Waals surface area contributed by atoms with Crippen LogP contribution in [0.5, 0.6) is 0 Å². The molecular weight excluding hydrogens is 358 g/mol. The molecule has 0 fully saturated rings. The van der Waals surface area contributed by atoms with Crippen LogP contribution in [0.2, 0.25) is 0 Å². The summed E-state index contributed by atoms with van der Waals surface area (Å²) in [6.45, 7) is 8.50. The van der Waals surface area contributed by atoms with Crippen LogP contribution in [0.4, 0.5) is 5.82 Å². The second-order valence-electron chi connectivity index (χ2n) is 6.66. The average molecular weight is 378 g/mol. The molecule has 3 heterocycles. The summed E-state index contributed by atoms with van der Waals surface area (Å²) in [6.07, 6.45) is 4.36. The fourth-order valence-electron chi connectivity index (χ4n) is 2.44. The minimum Gasteiger partial charge on any atom is -0.365 e. The van der Waals surface area contributed by atoms with Gasteiger partial charge in [0, 0.05) is 15.7 Å². The SMILES string of the molecule is CC1=NC(c2cc3nc(NC(C)(C)C)cc(Br)c3s2)=CCC1. The van der Waals surface area contributed by atoms with Crippen LogP contribution in [0.15, 0.2) is 27.7 Å². The first kappa shape index (κ1) is 15.7. The molecule has 2 aromatic rings. The third kappa shape index (κ3) is 3.41. The maximum absolute atomic E-state index is 4.75. The van der Waals surface area contributed by atoms with Crippen molar-refractivity contribution in [2.75, 3.05) is 5.32 Å². The van der Waals surface area contributed by atoms with Crippen molar-refractivity contribution < 1.29 is 0 Å². The second-order valence-corrected chi connectivity index (χ2v) is 8.57. The van der Waals surface area contributed by atoms with Crippen LogP contribution in [0, 0.1) is 0 Å². The molecule has 22 heavy (non-hydrogen) atoms. The molecule has 0 saturated heterocycles. The average Bonchev–Trinajstić information content (AvgIpc) is 2.81. The van der Waals surface area contributed by atoms with E-state index in [1.54, 1.807) is 11.3 Å². The Morgan fingerprint density at radius 3 is 2.73 bits per heavy atom. The maximum atomic E-state index is 4.75. The molecule has 0 atom stereocenters. The van der Waals surface area contributed by atoms with E-state index in [1.165, 1.54) is 15.3 Å². The van der Waals surface area contributed by atoms with E-state index < -0.39 is 0 Å². The number of pyridine rings is 1. The van der Waals surface area contributed by atoms with Crippen LogP contribution in [-0.2, 0) is 0 Å². The normalized spacial score (nSPS) is 15.7. The van der Waals surface area contributed by atoms with Gasteiger partial charge in [0.25, 0.3) is 0 Å². The van der Waals surface area contributed by atoms with E-state index in [2.05, 4.69) is 72.1 Å². The molecule has 1 aliphatic heterocycles. The van der Waals surface area contributed by atoms with Gasteiger partial charge in [0.05, 0.1) is 20.8 Å². The predicted octanol–water partition coefficient (Wildman–Crippen LogP) is 5.86. The number of anilines is 1. The van der Waals surface area contributed by atoms with Gasteiger partial charge in [-0.05, 0) is 68.6 Å². The number of aliphatic imine (C=N–C) groups is 1. The molecule has 0 bridgehead atoms.